The van der Waals surface area contributed by atoms with E-state index in [-0.39, 0.29) is 0 Å². The van der Waals surface area contributed by atoms with E-state index < -0.39 is 11.8 Å². The van der Waals surface area contributed by atoms with Gasteiger partial charge in [-0.05, 0) is 48.1 Å². The minimum absolute atomic E-state index is 0.400. The first-order chi connectivity index (χ1) is 7.82. The summed E-state index contributed by atoms with van der Waals surface area (Å²) >= 11 is 0. The SMILES string of the molecule is Cc1cc(C=C(F)C(=O)O)cc(C)c1C(C)C. The van der Waals surface area contributed by atoms with Crippen LogP contribution in [0, 0.1) is 13.8 Å². The van der Waals surface area contributed by atoms with Crippen molar-refractivity contribution in [1.82, 2.24) is 0 Å². The van der Waals surface area contributed by atoms with E-state index in [2.05, 4.69) is 13.8 Å². The Labute approximate surface area is 101 Å². The van der Waals surface area contributed by atoms with Crippen molar-refractivity contribution < 1.29 is 14.3 Å². The normalized spacial score (nSPS) is 12.0. The van der Waals surface area contributed by atoms with Crippen molar-refractivity contribution in [3.05, 3.63) is 40.2 Å². The van der Waals surface area contributed by atoms with Gasteiger partial charge in [-0.1, -0.05) is 26.0 Å². The zero-order valence-electron chi connectivity index (χ0n) is 10.5. The molecule has 0 atom stereocenters. The van der Waals surface area contributed by atoms with Crippen LogP contribution >= 0.6 is 0 Å². The van der Waals surface area contributed by atoms with Crippen LogP contribution in [0.4, 0.5) is 4.39 Å². The van der Waals surface area contributed by atoms with Crippen molar-refractivity contribution in [1.29, 1.82) is 0 Å². The Morgan fingerprint density at radius 3 is 2.12 bits per heavy atom. The van der Waals surface area contributed by atoms with Gasteiger partial charge in [-0.3, -0.25) is 0 Å². The number of hydrogen-bond acceptors (Lipinski definition) is 1. The summed E-state index contributed by atoms with van der Waals surface area (Å²) in [6, 6.07) is 3.62. The van der Waals surface area contributed by atoms with Gasteiger partial charge in [-0.25, -0.2) is 4.79 Å². The van der Waals surface area contributed by atoms with Crippen molar-refractivity contribution in [3.8, 4) is 0 Å². The van der Waals surface area contributed by atoms with E-state index in [4.69, 9.17) is 5.11 Å². The molecule has 0 fully saturated rings. The lowest BCUT2D eigenvalue weighted by atomic mass is 9.91. The first-order valence-electron chi connectivity index (χ1n) is 5.54. The van der Waals surface area contributed by atoms with Crippen molar-refractivity contribution in [2.45, 2.75) is 33.6 Å². The molecule has 2 nitrogen and oxygen atoms in total. The Bertz CT molecular complexity index is 450. The zero-order valence-corrected chi connectivity index (χ0v) is 10.5. The fourth-order valence-electron chi connectivity index (χ4n) is 2.21. The molecule has 0 aliphatic rings. The molecule has 0 saturated carbocycles. The lowest BCUT2D eigenvalue weighted by Crippen LogP contribution is -1.98. The Morgan fingerprint density at radius 1 is 1.29 bits per heavy atom. The summed E-state index contributed by atoms with van der Waals surface area (Å²) < 4.78 is 13.0. The van der Waals surface area contributed by atoms with Crippen molar-refractivity contribution in [3.63, 3.8) is 0 Å². The van der Waals surface area contributed by atoms with Gasteiger partial charge in [0.25, 0.3) is 0 Å². The molecule has 0 saturated heterocycles. The fraction of sp³-hybridized carbons (Fsp3) is 0.357. The Hall–Kier alpha value is -1.64. The molecule has 17 heavy (non-hydrogen) atoms. The molecule has 0 amide bonds. The third-order valence-electron chi connectivity index (χ3n) is 2.69. The first kappa shape index (κ1) is 13.4. The smallest absolute Gasteiger partial charge is 0.364 e. The van der Waals surface area contributed by atoms with Gasteiger partial charge in [0.15, 0.2) is 0 Å². The van der Waals surface area contributed by atoms with E-state index in [9.17, 15) is 9.18 Å². The predicted octanol–water partition coefficient (Wildman–Crippen LogP) is 3.82. The van der Waals surface area contributed by atoms with Gasteiger partial charge < -0.3 is 5.11 Å². The molecule has 0 spiro atoms. The summed E-state index contributed by atoms with van der Waals surface area (Å²) in [5.41, 5.74) is 3.94. The number of benzene rings is 1. The van der Waals surface area contributed by atoms with Gasteiger partial charge in [0, 0.05) is 0 Å². The zero-order chi connectivity index (χ0) is 13.2. The van der Waals surface area contributed by atoms with Gasteiger partial charge in [0.2, 0.25) is 5.83 Å². The molecule has 1 N–H and O–H groups in total. The minimum Gasteiger partial charge on any atom is -0.476 e. The Kier molecular flexibility index (Phi) is 4.05. The second-order valence-corrected chi connectivity index (χ2v) is 4.52. The van der Waals surface area contributed by atoms with Crippen LogP contribution in [-0.2, 0) is 4.79 Å². The minimum atomic E-state index is -1.53. The number of hydrogen-bond donors (Lipinski definition) is 1. The number of aryl methyl sites for hydroxylation is 2. The van der Waals surface area contributed by atoms with E-state index in [1.54, 1.807) is 0 Å². The lowest BCUT2D eigenvalue weighted by Gasteiger charge is -2.14. The molecule has 0 aliphatic carbocycles. The topological polar surface area (TPSA) is 37.3 Å². The maximum atomic E-state index is 13.0. The maximum Gasteiger partial charge on any atom is 0.364 e. The number of rotatable bonds is 3. The van der Waals surface area contributed by atoms with Gasteiger partial charge in [-0.2, -0.15) is 4.39 Å². The van der Waals surface area contributed by atoms with Gasteiger partial charge in [-0.15, -0.1) is 0 Å². The van der Waals surface area contributed by atoms with Crippen LogP contribution in [-0.4, -0.2) is 11.1 Å². The molecule has 0 bridgehead atoms. The average molecular weight is 236 g/mol. The molecule has 0 heterocycles. The van der Waals surface area contributed by atoms with Crippen LogP contribution in [0.1, 0.15) is 42.0 Å². The van der Waals surface area contributed by atoms with E-state index >= 15 is 0 Å². The monoisotopic (exact) mass is 236 g/mol. The van der Waals surface area contributed by atoms with E-state index in [1.807, 2.05) is 26.0 Å². The van der Waals surface area contributed by atoms with Crippen LogP contribution in [0.3, 0.4) is 0 Å². The van der Waals surface area contributed by atoms with Gasteiger partial charge in [0.1, 0.15) is 0 Å². The highest BCUT2D eigenvalue weighted by Crippen LogP contribution is 2.25. The summed E-state index contributed by atoms with van der Waals surface area (Å²) in [4.78, 5) is 10.4. The molecule has 3 heteroatoms. The lowest BCUT2D eigenvalue weighted by molar-refractivity contribution is -0.134. The second-order valence-electron chi connectivity index (χ2n) is 4.52. The first-order valence-corrected chi connectivity index (χ1v) is 5.54. The van der Waals surface area contributed by atoms with Crippen LogP contribution in [0.25, 0.3) is 6.08 Å². The largest absolute Gasteiger partial charge is 0.476 e. The maximum absolute atomic E-state index is 13.0. The standard InChI is InChI=1S/C14H17FO2/c1-8(2)13-9(3)5-11(6-10(13)4)7-12(15)14(16)17/h5-8H,1-4H3,(H,16,17). The average Bonchev–Trinajstić information content (AvgIpc) is 2.15. The molecular formula is C14H17FO2. The van der Waals surface area contributed by atoms with Crippen LogP contribution < -0.4 is 0 Å². The molecule has 0 aliphatic heterocycles. The number of carbonyl (C=O) groups is 1. The summed E-state index contributed by atoms with van der Waals surface area (Å²) in [7, 11) is 0. The third-order valence-corrected chi connectivity index (χ3v) is 2.69. The molecule has 0 unspecified atom stereocenters. The summed E-state index contributed by atoms with van der Waals surface area (Å²) in [6.07, 6.45) is 1.05. The highest BCUT2D eigenvalue weighted by Gasteiger charge is 2.10. The molecule has 0 radical (unpaired) electrons. The summed E-state index contributed by atoms with van der Waals surface area (Å²) in [5, 5.41) is 8.48. The van der Waals surface area contributed by atoms with Gasteiger partial charge in [0.05, 0.1) is 0 Å². The number of aliphatic carboxylic acids is 1. The molecule has 92 valence electrons. The Balaban J connectivity index is 3.24. The van der Waals surface area contributed by atoms with Crippen LogP contribution in [0.5, 0.6) is 0 Å². The summed E-state index contributed by atoms with van der Waals surface area (Å²) in [6.45, 7) is 8.11. The second kappa shape index (κ2) is 5.13. The number of carboxylic acid groups (broad SMARTS) is 1. The van der Waals surface area contributed by atoms with E-state index in [1.165, 1.54) is 5.56 Å². The number of halogens is 1. The molecular weight excluding hydrogens is 219 g/mol. The number of carboxylic acids is 1. The van der Waals surface area contributed by atoms with E-state index in [0.717, 1.165) is 17.2 Å². The van der Waals surface area contributed by atoms with Crippen LogP contribution in [0.15, 0.2) is 18.0 Å². The van der Waals surface area contributed by atoms with Crippen molar-refractivity contribution in [2.75, 3.05) is 0 Å². The molecule has 1 aromatic rings. The molecule has 0 aromatic heterocycles. The predicted molar refractivity (Wildman–Crippen MR) is 66.7 cm³/mol. The fourth-order valence-corrected chi connectivity index (χ4v) is 2.21. The molecule has 1 rings (SSSR count). The highest BCUT2D eigenvalue weighted by atomic mass is 19.1. The van der Waals surface area contributed by atoms with Gasteiger partial charge >= 0.3 is 5.97 Å². The summed E-state index contributed by atoms with van der Waals surface area (Å²) in [5.74, 6) is -2.27. The Morgan fingerprint density at radius 2 is 1.76 bits per heavy atom. The van der Waals surface area contributed by atoms with E-state index in [0.29, 0.717) is 11.5 Å². The third kappa shape index (κ3) is 3.16. The molecule has 1 aromatic carbocycles. The quantitative estimate of drug-likeness (QED) is 0.810. The van der Waals surface area contributed by atoms with Crippen LogP contribution in [0.2, 0.25) is 0 Å². The highest BCUT2D eigenvalue weighted by molar-refractivity contribution is 5.89. The van der Waals surface area contributed by atoms with Crippen molar-refractivity contribution >= 4 is 12.0 Å². The van der Waals surface area contributed by atoms with Crippen molar-refractivity contribution in [2.24, 2.45) is 0 Å².